The normalized spacial score (nSPS) is 16.0. The van der Waals surface area contributed by atoms with E-state index in [9.17, 15) is 19.1 Å². The van der Waals surface area contributed by atoms with Gasteiger partial charge in [-0.2, -0.15) is 0 Å². The molecule has 1 aliphatic heterocycles. The topological polar surface area (TPSA) is 83.6 Å². The Morgan fingerprint density at radius 3 is 2.56 bits per heavy atom. The fraction of sp³-hybridized carbons (Fsp3) is 0.115. The smallest absolute Gasteiger partial charge is 0.290 e. The molecule has 1 amide bonds. The number of aromatic nitrogens is 1. The summed E-state index contributed by atoms with van der Waals surface area (Å²) in [4.78, 5) is 32.0. The highest BCUT2D eigenvalue weighted by Gasteiger charge is 2.44. The van der Waals surface area contributed by atoms with Crippen LogP contribution in [0.4, 0.5) is 4.39 Å². The van der Waals surface area contributed by atoms with Crippen molar-refractivity contribution in [1.82, 2.24) is 9.88 Å². The molecular weight excluding hydrogens is 459 g/mol. The molecule has 1 unspecified atom stereocenters. The summed E-state index contributed by atoms with van der Waals surface area (Å²) in [5.41, 5.74) is 1.83. The molecular formula is C26H18ClFN2O4. The molecule has 0 fully saturated rings. The first-order chi connectivity index (χ1) is 16.4. The standard InChI is InChI=1S/C26H18ClFN2O4/c27-18-3-6-20-17(13-18)14-21(34-20)24(31)22-23(16-7-10-29-11-8-16)30(26(33)25(22)32)12-9-15-1-4-19(28)5-2-15/h1-8,10-11,13-14,23,32H,9,12H2. The number of benzene rings is 2. The van der Waals surface area contributed by atoms with E-state index in [4.69, 9.17) is 16.0 Å². The summed E-state index contributed by atoms with van der Waals surface area (Å²) in [7, 11) is 0. The summed E-state index contributed by atoms with van der Waals surface area (Å²) in [6.45, 7) is 0.202. The second kappa shape index (κ2) is 8.76. The second-order valence-electron chi connectivity index (χ2n) is 7.94. The van der Waals surface area contributed by atoms with Crippen LogP contribution in [-0.2, 0) is 11.2 Å². The van der Waals surface area contributed by atoms with Gasteiger partial charge in [-0.1, -0.05) is 23.7 Å². The maximum Gasteiger partial charge on any atom is 0.290 e. The molecule has 1 N–H and O–H groups in total. The number of carbonyl (C=O) groups is 2. The Kier molecular flexibility index (Phi) is 5.63. The third-order valence-electron chi connectivity index (χ3n) is 5.83. The number of pyridine rings is 1. The molecule has 6 nitrogen and oxygen atoms in total. The van der Waals surface area contributed by atoms with E-state index in [1.165, 1.54) is 17.0 Å². The minimum atomic E-state index is -0.833. The summed E-state index contributed by atoms with van der Waals surface area (Å²) >= 11 is 6.04. The first kappa shape index (κ1) is 21.9. The summed E-state index contributed by atoms with van der Waals surface area (Å²) in [6.07, 6.45) is 3.52. The zero-order valence-corrected chi connectivity index (χ0v) is 18.5. The average Bonchev–Trinajstić information content (AvgIpc) is 3.37. The molecule has 0 bridgehead atoms. The van der Waals surface area contributed by atoms with E-state index in [1.807, 2.05) is 0 Å². The van der Waals surface area contributed by atoms with E-state index in [0.717, 1.165) is 5.56 Å². The van der Waals surface area contributed by atoms with Crippen molar-refractivity contribution >= 4 is 34.3 Å². The highest BCUT2D eigenvalue weighted by Crippen LogP contribution is 2.39. The van der Waals surface area contributed by atoms with Crippen molar-refractivity contribution in [1.29, 1.82) is 0 Å². The van der Waals surface area contributed by atoms with Crippen LogP contribution in [0, 0.1) is 5.82 Å². The summed E-state index contributed by atoms with van der Waals surface area (Å²) in [5, 5.41) is 11.9. The number of Topliss-reactive ketones (excluding diaryl/α,β-unsaturated/α-hetero) is 1. The number of aliphatic hydroxyl groups is 1. The molecule has 0 radical (unpaired) electrons. The van der Waals surface area contributed by atoms with Gasteiger partial charge in [0, 0.05) is 29.3 Å². The zero-order chi connectivity index (χ0) is 23.8. The summed E-state index contributed by atoms with van der Waals surface area (Å²) < 4.78 is 19.0. The Morgan fingerprint density at radius 2 is 1.82 bits per heavy atom. The Balaban J connectivity index is 1.52. The van der Waals surface area contributed by atoms with E-state index < -0.39 is 23.5 Å². The molecule has 4 aromatic rings. The lowest BCUT2D eigenvalue weighted by Gasteiger charge is -2.26. The van der Waals surface area contributed by atoms with Crippen molar-refractivity contribution in [2.24, 2.45) is 0 Å². The van der Waals surface area contributed by atoms with Gasteiger partial charge in [-0.25, -0.2) is 4.39 Å². The number of carbonyl (C=O) groups excluding carboxylic acids is 2. The minimum Gasteiger partial charge on any atom is -0.503 e. The predicted molar refractivity (Wildman–Crippen MR) is 124 cm³/mol. The van der Waals surface area contributed by atoms with Gasteiger partial charge in [-0.05, 0) is 66.1 Å². The van der Waals surface area contributed by atoms with Crippen molar-refractivity contribution in [2.75, 3.05) is 6.54 Å². The Bertz CT molecular complexity index is 1430. The number of aliphatic hydroxyl groups excluding tert-OH is 1. The fourth-order valence-electron chi connectivity index (χ4n) is 4.17. The minimum absolute atomic E-state index is 0.00828. The third-order valence-corrected chi connectivity index (χ3v) is 6.06. The van der Waals surface area contributed by atoms with E-state index >= 15 is 0 Å². The maximum atomic E-state index is 13.5. The van der Waals surface area contributed by atoms with E-state index in [0.29, 0.717) is 28.0 Å². The Labute approximate surface area is 198 Å². The average molecular weight is 477 g/mol. The molecule has 3 heterocycles. The number of ketones is 1. The van der Waals surface area contributed by atoms with Gasteiger partial charge in [0.05, 0.1) is 11.6 Å². The highest BCUT2D eigenvalue weighted by atomic mass is 35.5. The number of amides is 1. The Morgan fingerprint density at radius 1 is 1.09 bits per heavy atom. The van der Waals surface area contributed by atoms with Gasteiger partial charge in [-0.15, -0.1) is 0 Å². The molecule has 0 saturated heterocycles. The molecule has 2 aromatic heterocycles. The van der Waals surface area contributed by atoms with E-state index in [-0.39, 0.29) is 23.7 Å². The number of halogens is 2. The van der Waals surface area contributed by atoms with Gasteiger partial charge in [0.2, 0.25) is 5.78 Å². The van der Waals surface area contributed by atoms with E-state index in [2.05, 4.69) is 4.98 Å². The van der Waals surface area contributed by atoms with Crippen LogP contribution in [0.2, 0.25) is 5.02 Å². The summed E-state index contributed by atoms with van der Waals surface area (Å²) in [6, 6.07) is 15.0. The highest BCUT2D eigenvalue weighted by molar-refractivity contribution is 6.31. The van der Waals surface area contributed by atoms with Crippen LogP contribution < -0.4 is 0 Å². The SMILES string of the molecule is O=C(C1=C(O)C(=O)N(CCc2ccc(F)cc2)C1c1ccncc1)c1cc2cc(Cl)ccc2o1. The number of furan rings is 1. The molecule has 170 valence electrons. The number of hydrogen-bond acceptors (Lipinski definition) is 5. The second-order valence-corrected chi connectivity index (χ2v) is 8.38. The molecule has 0 saturated carbocycles. The van der Waals surface area contributed by atoms with Crippen molar-refractivity contribution in [3.63, 3.8) is 0 Å². The fourth-order valence-corrected chi connectivity index (χ4v) is 4.35. The molecule has 8 heteroatoms. The first-order valence-electron chi connectivity index (χ1n) is 10.5. The number of hydrogen-bond donors (Lipinski definition) is 1. The molecule has 0 aliphatic carbocycles. The molecule has 0 spiro atoms. The number of fused-ring (bicyclic) bond motifs is 1. The molecule has 1 atom stereocenters. The van der Waals surface area contributed by atoms with Crippen molar-refractivity contribution in [3.8, 4) is 0 Å². The van der Waals surface area contributed by atoms with Gasteiger partial charge in [0.1, 0.15) is 11.4 Å². The summed E-state index contributed by atoms with van der Waals surface area (Å²) in [5.74, 6) is -2.24. The van der Waals surface area contributed by atoms with Gasteiger partial charge in [-0.3, -0.25) is 14.6 Å². The van der Waals surface area contributed by atoms with Gasteiger partial charge < -0.3 is 14.4 Å². The van der Waals surface area contributed by atoms with Crippen LogP contribution >= 0.6 is 11.6 Å². The molecule has 5 rings (SSSR count). The number of rotatable bonds is 6. The third kappa shape index (κ3) is 3.95. The lowest BCUT2D eigenvalue weighted by Crippen LogP contribution is -2.33. The van der Waals surface area contributed by atoms with Crippen molar-refractivity contribution in [3.05, 3.63) is 112 Å². The predicted octanol–water partition coefficient (Wildman–Crippen LogP) is 5.44. The van der Waals surface area contributed by atoms with Crippen LogP contribution in [0.1, 0.15) is 27.7 Å². The van der Waals surface area contributed by atoms with E-state index in [1.54, 1.807) is 60.9 Å². The molecule has 2 aromatic carbocycles. The van der Waals surface area contributed by atoms with Crippen LogP contribution in [0.15, 0.2) is 88.8 Å². The van der Waals surface area contributed by atoms with Crippen molar-refractivity contribution in [2.45, 2.75) is 12.5 Å². The van der Waals surface area contributed by atoms with Gasteiger partial charge in [0.25, 0.3) is 5.91 Å². The van der Waals surface area contributed by atoms with Crippen molar-refractivity contribution < 1.29 is 23.5 Å². The lowest BCUT2D eigenvalue weighted by molar-refractivity contribution is -0.129. The largest absolute Gasteiger partial charge is 0.503 e. The maximum absolute atomic E-state index is 13.5. The quantitative estimate of drug-likeness (QED) is 0.374. The van der Waals surface area contributed by atoms with Gasteiger partial charge >= 0.3 is 0 Å². The lowest BCUT2D eigenvalue weighted by atomic mass is 9.95. The van der Waals surface area contributed by atoms with Gasteiger partial charge in [0.15, 0.2) is 11.5 Å². The monoisotopic (exact) mass is 476 g/mol. The van der Waals surface area contributed by atoms with Crippen LogP contribution in [0.25, 0.3) is 11.0 Å². The van der Waals surface area contributed by atoms with Crippen LogP contribution in [0.5, 0.6) is 0 Å². The molecule has 1 aliphatic rings. The number of nitrogens with zero attached hydrogens (tertiary/aromatic N) is 2. The van der Waals surface area contributed by atoms with Crippen LogP contribution in [-0.4, -0.2) is 33.2 Å². The molecule has 34 heavy (non-hydrogen) atoms. The Hall–Kier alpha value is -3.97. The first-order valence-corrected chi connectivity index (χ1v) is 10.9. The van der Waals surface area contributed by atoms with Crippen LogP contribution in [0.3, 0.4) is 0 Å². The zero-order valence-electron chi connectivity index (χ0n) is 17.7.